The number of nitrogens with zero attached hydrogens (tertiary/aromatic N) is 3. The molecule has 0 saturated carbocycles. The van der Waals surface area contributed by atoms with Crippen LogP contribution in [0.25, 0.3) is 21.0 Å². The van der Waals surface area contributed by atoms with Crippen molar-refractivity contribution in [3.63, 3.8) is 0 Å². The van der Waals surface area contributed by atoms with Gasteiger partial charge in [0.15, 0.2) is 0 Å². The van der Waals surface area contributed by atoms with Crippen molar-refractivity contribution < 1.29 is 4.42 Å². The Kier molecular flexibility index (Phi) is 3.59. The van der Waals surface area contributed by atoms with Gasteiger partial charge in [-0.25, -0.2) is 15.0 Å². The smallest absolute Gasteiger partial charge is 0.236 e. The maximum absolute atomic E-state index is 5.55. The Balaban J connectivity index is 1.59. The SMILES string of the molecule is Cc1nc(NCc2coc(-c3cccs3)n2)c2c(C)csc2n1. The first kappa shape index (κ1) is 14.3. The lowest BCUT2D eigenvalue weighted by Crippen LogP contribution is -2.04. The molecule has 4 rings (SSSR count). The Labute approximate surface area is 141 Å². The van der Waals surface area contributed by atoms with Gasteiger partial charge in [-0.15, -0.1) is 22.7 Å². The standard InChI is InChI=1S/C16H14N4OS2/c1-9-8-23-16-13(9)14(18-10(2)19-16)17-6-11-7-21-15(20-11)12-4-3-5-22-12/h3-5,7-8H,6H2,1-2H3,(H,17,18,19). The molecule has 0 aliphatic heterocycles. The molecule has 0 bridgehead atoms. The third-order valence-corrected chi connectivity index (χ3v) is 5.30. The second kappa shape index (κ2) is 5.75. The summed E-state index contributed by atoms with van der Waals surface area (Å²) in [6.45, 7) is 4.55. The fourth-order valence-electron chi connectivity index (χ4n) is 2.39. The van der Waals surface area contributed by atoms with E-state index in [2.05, 4.69) is 32.6 Å². The van der Waals surface area contributed by atoms with Crippen molar-refractivity contribution in [2.75, 3.05) is 5.32 Å². The Bertz CT molecular complexity index is 956. The molecule has 0 saturated heterocycles. The Morgan fingerprint density at radius 3 is 2.91 bits per heavy atom. The summed E-state index contributed by atoms with van der Waals surface area (Å²) < 4.78 is 5.55. The van der Waals surface area contributed by atoms with Gasteiger partial charge in [-0.1, -0.05) is 6.07 Å². The molecule has 0 aliphatic rings. The number of anilines is 1. The lowest BCUT2D eigenvalue weighted by molar-refractivity contribution is 0.574. The van der Waals surface area contributed by atoms with E-state index < -0.39 is 0 Å². The minimum absolute atomic E-state index is 0.565. The van der Waals surface area contributed by atoms with Gasteiger partial charge in [0.25, 0.3) is 0 Å². The minimum atomic E-state index is 0.565. The highest BCUT2D eigenvalue weighted by molar-refractivity contribution is 7.17. The highest BCUT2D eigenvalue weighted by atomic mass is 32.1. The van der Waals surface area contributed by atoms with E-state index in [0.29, 0.717) is 12.4 Å². The highest BCUT2D eigenvalue weighted by Gasteiger charge is 2.12. The zero-order chi connectivity index (χ0) is 15.8. The molecule has 0 unspecified atom stereocenters. The van der Waals surface area contributed by atoms with Crippen LogP contribution in [-0.2, 0) is 6.54 Å². The highest BCUT2D eigenvalue weighted by Crippen LogP contribution is 2.30. The van der Waals surface area contributed by atoms with Gasteiger partial charge in [-0.3, -0.25) is 0 Å². The Hall–Kier alpha value is -2.25. The van der Waals surface area contributed by atoms with Crippen molar-refractivity contribution in [1.29, 1.82) is 0 Å². The first-order valence-electron chi connectivity index (χ1n) is 7.15. The van der Waals surface area contributed by atoms with E-state index in [9.17, 15) is 0 Å². The van der Waals surface area contributed by atoms with E-state index in [1.54, 1.807) is 28.9 Å². The number of aryl methyl sites for hydroxylation is 2. The zero-order valence-electron chi connectivity index (χ0n) is 12.7. The molecule has 0 fully saturated rings. The van der Waals surface area contributed by atoms with Crippen LogP contribution in [-0.4, -0.2) is 15.0 Å². The van der Waals surface area contributed by atoms with Crippen molar-refractivity contribution in [3.05, 3.63) is 46.2 Å². The second-order valence-electron chi connectivity index (χ2n) is 5.19. The number of fused-ring (bicyclic) bond motifs is 1. The minimum Gasteiger partial charge on any atom is -0.443 e. The van der Waals surface area contributed by atoms with E-state index in [1.165, 1.54) is 5.56 Å². The molecule has 4 aromatic heterocycles. The molecular weight excluding hydrogens is 328 g/mol. The molecule has 23 heavy (non-hydrogen) atoms. The van der Waals surface area contributed by atoms with Crippen LogP contribution in [0.5, 0.6) is 0 Å². The molecular formula is C16H14N4OS2. The van der Waals surface area contributed by atoms with Crippen LogP contribution in [0.4, 0.5) is 5.82 Å². The predicted molar refractivity (Wildman–Crippen MR) is 94.0 cm³/mol. The van der Waals surface area contributed by atoms with E-state index in [1.807, 2.05) is 24.4 Å². The normalized spacial score (nSPS) is 11.2. The first-order valence-corrected chi connectivity index (χ1v) is 8.91. The summed E-state index contributed by atoms with van der Waals surface area (Å²) in [6.07, 6.45) is 1.69. The molecule has 4 aromatic rings. The number of nitrogens with one attached hydrogen (secondary N) is 1. The van der Waals surface area contributed by atoms with Crippen molar-refractivity contribution in [3.8, 4) is 10.8 Å². The fourth-order valence-corrected chi connectivity index (χ4v) is 4.02. The average molecular weight is 342 g/mol. The van der Waals surface area contributed by atoms with Crippen molar-refractivity contribution in [2.45, 2.75) is 20.4 Å². The lowest BCUT2D eigenvalue weighted by atomic mass is 10.2. The maximum atomic E-state index is 5.55. The molecule has 0 aliphatic carbocycles. The summed E-state index contributed by atoms with van der Waals surface area (Å²) in [7, 11) is 0. The fraction of sp³-hybridized carbons (Fsp3) is 0.188. The van der Waals surface area contributed by atoms with E-state index >= 15 is 0 Å². The third kappa shape index (κ3) is 2.73. The molecule has 116 valence electrons. The van der Waals surface area contributed by atoms with Gasteiger partial charge in [0.2, 0.25) is 5.89 Å². The van der Waals surface area contributed by atoms with Crippen LogP contribution in [0.1, 0.15) is 17.1 Å². The predicted octanol–water partition coefficient (Wildman–Crippen LogP) is 4.64. The molecule has 1 N–H and O–H groups in total. The molecule has 5 nitrogen and oxygen atoms in total. The second-order valence-corrected chi connectivity index (χ2v) is 7.00. The molecule has 4 heterocycles. The van der Waals surface area contributed by atoms with Crippen molar-refractivity contribution in [2.24, 2.45) is 0 Å². The number of oxazole rings is 1. The summed E-state index contributed by atoms with van der Waals surface area (Å²) in [5, 5.41) is 8.57. The molecule has 0 aromatic carbocycles. The number of hydrogen-bond acceptors (Lipinski definition) is 7. The van der Waals surface area contributed by atoms with Gasteiger partial charge in [0.05, 0.1) is 22.5 Å². The van der Waals surface area contributed by atoms with Crippen LogP contribution in [0.15, 0.2) is 33.6 Å². The summed E-state index contributed by atoms with van der Waals surface area (Å²) in [4.78, 5) is 15.6. The van der Waals surface area contributed by atoms with Gasteiger partial charge in [0, 0.05) is 0 Å². The monoisotopic (exact) mass is 342 g/mol. The van der Waals surface area contributed by atoms with Gasteiger partial charge >= 0.3 is 0 Å². The van der Waals surface area contributed by atoms with Gasteiger partial charge in [-0.2, -0.15) is 0 Å². The molecule has 0 amide bonds. The maximum Gasteiger partial charge on any atom is 0.236 e. The third-order valence-electron chi connectivity index (χ3n) is 3.45. The van der Waals surface area contributed by atoms with E-state index in [4.69, 9.17) is 4.42 Å². The Morgan fingerprint density at radius 1 is 1.17 bits per heavy atom. The topological polar surface area (TPSA) is 63.8 Å². The quantitative estimate of drug-likeness (QED) is 0.585. The lowest BCUT2D eigenvalue weighted by Gasteiger charge is -2.06. The summed E-state index contributed by atoms with van der Waals surface area (Å²) in [5.74, 6) is 2.28. The van der Waals surface area contributed by atoms with Gasteiger partial charge in [-0.05, 0) is 36.2 Å². The zero-order valence-corrected chi connectivity index (χ0v) is 14.3. The van der Waals surface area contributed by atoms with Gasteiger partial charge in [0.1, 0.15) is 22.7 Å². The van der Waals surface area contributed by atoms with E-state index in [-0.39, 0.29) is 0 Å². The number of rotatable bonds is 4. The molecule has 0 spiro atoms. The summed E-state index contributed by atoms with van der Waals surface area (Å²) in [5.41, 5.74) is 2.04. The molecule has 0 atom stereocenters. The Morgan fingerprint density at radius 2 is 2.09 bits per heavy atom. The largest absolute Gasteiger partial charge is 0.443 e. The summed E-state index contributed by atoms with van der Waals surface area (Å²) >= 11 is 3.26. The molecule has 0 radical (unpaired) electrons. The van der Waals surface area contributed by atoms with Crippen molar-refractivity contribution >= 4 is 38.7 Å². The van der Waals surface area contributed by atoms with Crippen LogP contribution in [0.3, 0.4) is 0 Å². The first-order chi connectivity index (χ1) is 11.2. The summed E-state index contributed by atoms with van der Waals surface area (Å²) in [6, 6.07) is 3.99. The van der Waals surface area contributed by atoms with Crippen LogP contribution >= 0.6 is 22.7 Å². The van der Waals surface area contributed by atoms with Crippen LogP contribution in [0.2, 0.25) is 0 Å². The van der Waals surface area contributed by atoms with E-state index in [0.717, 1.165) is 32.4 Å². The molecule has 7 heteroatoms. The average Bonchev–Trinajstić information content (AvgIpc) is 3.25. The number of hydrogen-bond donors (Lipinski definition) is 1. The van der Waals surface area contributed by atoms with Crippen LogP contribution < -0.4 is 5.32 Å². The van der Waals surface area contributed by atoms with Gasteiger partial charge < -0.3 is 9.73 Å². The number of aromatic nitrogens is 3. The van der Waals surface area contributed by atoms with Crippen molar-refractivity contribution in [1.82, 2.24) is 15.0 Å². The van der Waals surface area contributed by atoms with Crippen LogP contribution in [0, 0.1) is 13.8 Å². The number of thiophene rings is 2.